The van der Waals surface area contributed by atoms with Gasteiger partial charge in [0.25, 0.3) is 5.56 Å². The monoisotopic (exact) mass is 670 g/mol. The van der Waals surface area contributed by atoms with Gasteiger partial charge in [-0.2, -0.15) is 8.78 Å². The van der Waals surface area contributed by atoms with Crippen LogP contribution in [0.2, 0.25) is 0 Å². The van der Waals surface area contributed by atoms with E-state index in [9.17, 15) is 18.4 Å². The first-order valence-electron chi connectivity index (χ1n) is 13.0. The Hall–Kier alpha value is -4.29. The Kier molecular flexibility index (Phi) is 9.07. The number of ether oxygens (including phenoxy) is 4. The Bertz CT molecular complexity index is 1890. The molecule has 0 saturated heterocycles. The van der Waals surface area contributed by atoms with Gasteiger partial charge >= 0.3 is 12.6 Å². The highest BCUT2D eigenvalue weighted by Gasteiger charge is 2.36. The summed E-state index contributed by atoms with van der Waals surface area (Å²) in [6.45, 7) is -1.20. The quantitative estimate of drug-likeness (QED) is 0.224. The zero-order chi connectivity index (χ0) is 30.7. The number of esters is 1. The Balaban J connectivity index is 1.80. The van der Waals surface area contributed by atoms with E-state index in [0.29, 0.717) is 41.9 Å². The molecule has 0 N–H and O–H groups in total. The number of methoxy groups -OCH3 is 2. The third-order valence-corrected chi connectivity index (χ3v) is 8.04. The van der Waals surface area contributed by atoms with E-state index in [2.05, 4.69) is 20.7 Å². The molecule has 4 aromatic rings. The summed E-state index contributed by atoms with van der Waals surface area (Å²) in [7, 11) is 2.84. The van der Waals surface area contributed by atoms with Crippen molar-refractivity contribution in [2.75, 3.05) is 20.8 Å². The Morgan fingerprint density at radius 1 is 1.05 bits per heavy atom. The molecule has 5 rings (SSSR count). The number of carbonyl (C=O) groups is 1. The van der Waals surface area contributed by atoms with E-state index in [0.717, 1.165) is 11.3 Å². The summed E-state index contributed by atoms with van der Waals surface area (Å²) in [5.41, 5.74) is 1.85. The number of halogens is 3. The van der Waals surface area contributed by atoms with Crippen LogP contribution in [0.3, 0.4) is 0 Å². The van der Waals surface area contributed by atoms with E-state index >= 15 is 0 Å². The van der Waals surface area contributed by atoms with Gasteiger partial charge in [0.15, 0.2) is 16.3 Å². The highest BCUT2D eigenvalue weighted by atomic mass is 79.9. The fraction of sp³-hybridized carbons (Fsp3) is 0.194. The molecule has 43 heavy (non-hydrogen) atoms. The highest BCUT2D eigenvalue weighted by molar-refractivity contribution is 9.10. The minimum absolute atomic E-state index is 0.0783. The summed E-state index contributed by atoms with van der Waals surface area (Å²) in [5, 5.41) is 0. The molecule has 1 aliphatic rings. The molecule has 0 amide bonds. The molecule has 1 aliphatic heterocycles. The average Bonchev–Trinajstić information content (AvgIpc) is 3.31. The number of carbonyl (C=O) groups excluding carboxylic acids is 1. The van der Waals surface area contributed by atoms with Gasteiger partial charge in [0.05, 0.1) is 36.6 Å². The van der Waals surface area contributed by atoms with E-state index in [1.54, 1.807) is 31.2 Å². The van der Waals surface area contributed by atoms with Crippen molar-refractivity contribution >= 4 is 45.0 Å². The molecule has 8 nitrogen and oxygen atoms in total. The molecule has 0 spiro atoms. The third kappa shape index (κ3) is 6.11. The topological polar surface area (TPSA) is 88.4 Å². The molecule has 0 saturated carbocycles. The normalized spacial score (nSPS) is 14.8. The van der Waals surface area contributed by atoms with Crippen LogP contribution < -0.4 is 29.1 Å². The van der Waals surface area contributed by atoms with Crippen molar-refractivity contribution in [3.05, 3.63) is 113 Å². The molecule has 0 fully saturated rings. The lowest BCUT2D eigenvalue weighted by Gasteiger charge is -2.27. The largest absolute Gasteiger partial charge is 0.496 e. The molecule has 3 aromatic carbocycles. The predicted octanol–water partition coefficient (Wildman–Crippen LogP) is 5.32. The number of aromatic nitrogens is 1. The van der Waals surface area contributed by atoms with Crippen LogP contribution in [0.1, 0.15) is 29.7 Å². The van der Waals surface area contributed by atoms with Crippen molar-refractivity contribution < 1.29 is 32.5 Å². The molecular weight excluding hydrogens is 646 g/mol. The van der Waals surface area contributed by atoms with Gasteiger partial charge in [-0.15, -0.1) is 0 Å². The van der Waals surface area contributed by atoms with E-state index in [4.69, 9.17) is 19.2 Å². The lowest BCUT2D eigenvalue weighted by atomic mass is 9.92. The highest BCUT2D eigenvalue weighted by Crippen LogP contribution is 2.40. The number of hydrogen-bond acceptors (Lipinski definition) is 8. The molecule has 222 valence electrons. The van der Waals surface area contributed by atoms with Crippen LogP contribution in [0.15, 0.2) is 86.6 Å². The standard InChI is InChI=1S/C31H25BrF2N2O6S/c1-4-41-29(38)25-26(18-8-6-5-7-9-18)35-31-36(27(25)20-16-19(32)11-13-21(20)39-2)28(37)24(43-31)15-17-10-12-22(42-30(33)34)23(14-17)40-3/h5-16,27,30H,4H2,1-3H3/b24-15-/t27-/m0/s1. The predicted molar refractivity (Wildman–Crippen MR) is 161 cm³/mol. The van der Waals surface area contributed by atoms with Crippen molar-refractivity contribution in [3.63, 3.8) is 0 Å². The summed E-state index contributed by atoms with van der Waals surface area (Å²) < 4.78 is 49.0. The Morgan fingerprint density at radius 3 is 2.44 bits per heavy atom. The number of hydrogen-bond donors (Lipinski definition) is 0. The lowest BCUT2D eigenvalue weighted by Crippen LogP contribution is -2.40. The Morgan fingerprint density at radius 2 is 1.77 bits per heavy atom. The summed E-state index contributed by atoms with van der Waals surface area (Å²) in [6, 6.07) is 17.9. The molecule has 0 radical (unpaired) electrons. The molecule has 1 aromatic heterocycles. The SMILES string of the molecule is CCOC(=O)C1=C(c2ccccc2)N=c2s/c(=C\c3ccc(OC(F)F)c(OC)c3)c(=O)n2[C@H]1c1cc(Br)ccc1OC. The molecule has 2 heterocycles. The second-order valence-electron chi connectivity index (χ2n) is 9.11. The van der Waals surface area contributed by atoms with Crippen LogP contribution in [0.25, 0.3) is 11.8 Å². The van der Waals surface area contributed by atoms with Crippen molar-refractivity contribution in [3.8, 4) is 17.2 Å². The number of alkyl halides is 2. The fourth-order valence-corrected chi connectivity index (χ4v) is 6.15. The van der Waals surface area contributed by atoms with Crippen molar-refractivity contribution in [1.29, 1.82) is 0 Å². The van der Waals surface area contributed by atoms with E-state index in [1.807, 2.05) is 30.3 Å². The summed E-state index contributed by atoms with van der Waals surface area (Å²) >= 11 is 4.63. The second kappa shape index (κ2) is 12.9. The zero-order valence-electron chi connectivity index (χ0n) is 23.2. The fourth-order valence-electron chi connectivity index (χ4n) is 4.77. The number of benzene rings is 3. The lowest BCUT2D eigenvalue weighted by molar-refractivity contribution is -0.138. The summed E-state index contributed by atoms with van der Waals surface area (Å²) in [4.78, 5) is 32.9. The second-order valence-corrected chi connectivity index (χ2v) is 11.0. The van der Waals surface area contributed by atoms with Gasteiger partial charge < -0.3 is 18.9 Å². The van der Waals surface area contributed by atoms with E-state index in [-0.39, 0.29) is 23.7 Å². The van der Waals surface area contributed by atoms with Crippen molar-refractivity contribution in [1.82, 2.24) is 4.57 Å². The summed E-state index contributed by atoms with van der Waals surface area (Å²) in [6.07, 6.45) is 1.60. The maximum Gasteiger partial charge on any atom is 0.387 e. The van der Waals surface area contributed by atoms with Crippen LogP contribution in [-0.4, -0.2) is 38.0 Å². The molecule has 0 bridgehead atoms. The molecule has 1 atom stereocenters. The average molecular weight is 672 g/mol. The van der Waals surface area contributed by atoms with Crippen LogP contribution in [-0.2, 0) is 9.53 Å². The van der Waals surface area contributed by atoms with Crippen molar-refractivity contribution in [2.45, 2.75) is 19.6 Å². The first kappa shape index (κ1) is 30.2. The van der Waals surface area contributed by atoms with Crippen LogP contribution >= 0.6 is 27.3 Å². The maximum atomic E-state index is 14.1. The van der Waals surface area contributed by atoms with Gasteiger partial charge in [-0.25, -0.2) is 9.79 Å². The molecule has 0 aliphatic carbocycles. The number of thiazole rings is 1. The molecule has 12 heteroatoms. The number of fused-ring (bicyclic) bond motifs is 1. The molecular formula is C31H25BrF2N2O6S. The third-order valence-electron chi connectivity index (χ3n) is 6.56. The van der Waals surface area contributed by atoms with Crippen LogP contribution in [0, 0.1) is 0 Å². The number of rotatable bonds is 9. The maximum absolute atomic E-state index is 14.1. The van der Waals surface area contributed by atoms with Crippen LogP contribution in [0.5, 0.6) is 17.2 Å². The van der Waals surface area contributed by atoms with Crippen LogP contribution in [0.4, 0.5) is 8.78 Å². The first-order chi connectivity index (χ1) is 20.7. The van der Waals surface area contributed by atoms with Gasteiger partial charge in [-0.05, 0) is 48.9 Å². The van der Waals surface area contributed by atoms with Gasteiger partial charge in [0.2, 0.25) is 0 Å². The smallest absolute Gasteiger partial charge is 0.387 e. The molecule has 0 unspecified atom stereocenters. The van der Waals surface area contributed by atoms with E-state index < -0.39 is 24.2 Å². The minimum Gasteiger partial charge on any atom is -0.496 e. The Labute approximate surface area is 257 Å². The first-order valence-corrected chi connectivity index (χ1v) is 14.6. The van der Waals surface area contributed by atoms with Gasteiger partial charge in [0.1, 0.15) is 11.8 Å². The number of nitrogens with zero attached hydrogens (tertiary/aromatic N) is 2. The summed E-state index contributed by atoms with van der Waals surface area (Å²) in [5.74, 6) is -0.219. The van der Waals surface area contributed by atoms with Gasteiger partial charge in [-0.3, -0.25) is 9.36 Å². The van der Waals surface area contributed by atoms with E-state index in [1.165, 1.54) is 37.0 Å². The zero-order valence-corrected chi connectivity index (χ0v) is 25.6. The van der Waals surface area contributed by atoms with Gasteiger partial charge in [-0.1, -0.05) is 63.7 Å². The van der Waals surface area contributed by atoms with Crippen molar-refractivity contribution in [2.24, 2.45) is 4.99 Å². The minimum atomic E-state index is -3.02. The van der Waals surface area contributed by atoms with Gasteiger partial charge in [0, 0.05) is 15.6 Å².